The van der Waals surface area contributed by atoms with E-state index in [2.05, 4.69) is 15.0 Å². The van der Waals surface area contributed by atoms with E-state index < -0.39 is 10.0 Å². The predicted octanol–water partition coefficient (Wildman–Crippen LogP) is 1.47. The monoisotopic (exact) mass is 332 g/mol. The Balaban J connectivity index is 1.89. The summed E-state index contributed by atoms with van der Waals surface area (Å²) in [5.74, 6) is 2.97. The zero-order valence-electron chi connectivity index (χ0n) is 11.0. The predicted molar refractivity (Wildman–Crippen MR) is 83.2 cm³/mol. The number of thioether (sulfide) groups is 1. The summed E-state index contributed by atoms with van der Waals surface area (Å²) in [6.07, 6.45) is 2.81. The molecule has 1 unspecified atom stereocenters. The standard InChI is InChI=1S/C11H16N4O2S3/c1-12-9-10(15-3-5-19-11(15)14-9)20(16,17)13-6-8-2-4-18-7-8/h3,5,8,12-13H,2,4,6-7H2,1H3. The molecule has 9 heteroatoms. The first-order valence-electron chi connectivity index (χ1n) is 6.32. The highest BCUT2D eigenvalue weighted by molar-refractivity contribution is 7.99. The molecule has 1 aliphatic heterocycles. The van der Waals surface area contributed by atoms with Crippen LogP contribution in [0.2, 0.25) is 0 Å². The Morgan fingerprint density at radius 3 is 3.10 bits per heavy atom. The quantitative estimate of drug-likeness (QED) is 0.867. The first-order valence-corrected chi connectivity index (χ1v) is 9.84. The maximum absolute atomic E-state index is 12.5. The van der Waals surface area contributed by atoms with Crippen LogP contribution in [-0.4, -0.2) is 42.9 Å². The summed E-state index contributed by atoms with van der Waals surface area (Å²) in [6, 6.07) is 0. The van der Waals surface area contributed by atoms with Gasteiger partial charge in [0.1, 0.15) is 0 Å². The van der Waals surface area contributed by atoms with Gasteiger partial charge in [0, 0.05) is 25.2 Å². The third-order valence-electron chi connectivity index (χ3n) is 3.30. The van der Waals surface area contributed by atoms with Gasteiger partial charge in [0.25, 0.3) is 10.0 Å². The molecule has 0 amide bonds. The average molecular weight is 332 g/mol. The van der Waals surface area contributed by atoms with E-state index in [0.29, 0.717) is 23.2 Å². The van der Waals surface area contributed by atoms with Crippen LogP contribution in [0, 0.1) is 5.92 Å². The van der Waals surface area contributed by atoms with Crippen LogP contribution in [0.3, 0.4) is 0 Å². The number of hydrogen-bond donors (Lipinski definition) is 2. The number of anilines is 1. The molecule has 1 fully saturated rings. The van der Waals surface area contributed by atoms with Gasteiger partial charge in [0.2, 0.25) is 0 Å². The molecule has 2 N–H and O–H groups in total. The van der Waals surface area contributed by atoms with Crippen molar-refractivity contribution in [3.8, 4) is 0 Å². The minimum Gasteiger partial charge on any atom is -0.371 e. The van der Waals surface area contributed by atoms with Crippen molar-refractivity contribution in [1.82, 2.24) is 14.1 Å². The molecule has 110 valence electrons. The van der Waals surface area contributed by atoms with Gasteiger partial charge in [-0.3, -0.25) is 4.40 Å². The van der Waals surface area contributed by atoms with Crippen LogP contribution < -0.4 is 10.0 Å². The summed E-state index contributed by atoms with van der Waals surface area (Å²) in [5.41, 5.74) is 0. The molecule has 0 spiro atoms. The Morgan fingerprint density at radius 1 is 1.55 bits per heavy atom. The van der Waals surface area contributed by atoms with Gasteiger partial charge in [-0.15, -0.1) is 11.3 Å². The lowest BCUT2D eigenvalue weighted by molar-refractivity contribution is 0.543. The van der Waals surface area contributed by atoms with Crippen LogP contribution in [0.4, 0.5) is 5.82 Å². The van der Waals surface area contributed by atoms with Crippen LogP contribution >= 0.6 is 23.1 Å². The Hall–Kier alpha value is -0.770. The normalized spacial score (nSPS) is 19.8. The molecule has 0 bridgehead atoms. The highest BCUT2D eigenvalue weighted by atomic mass is 32.2. The second-order valence-corrected chi connectivity index (χ2v) is 8.36. The van der Waals surface area contributed by atoms with Crippen molar-refractivity contribution in [2.24, 2.45) is 5.92 Å². The fourth-order valence-electron chi connectivity index (χ4n) is 2.22. The summed E-state index contributed by atoms with van der Waals surface area (Å²) in [4.78, 5) is 4.96. The molecule has 1 aliphatic rings. The van der Waals surface area contributed by atoms with E-state index >= 15 is 0 Å². The lowest BCUT2D eigenvalue weighted by Gasteiger charge is -2.11. The van der Waals surface area contributed by atoms with Gasteiger partial charge >= 0.3 is 0 Å². The van der Waals surface area contributed by atoms with Crippen molar-refractivity contribution >= 4 is 43.9 Å². The van der Waals surface area contributed by atoms with Gasteiger partial charge in [-0.05, 0) is 23.8 Å². The minimum absolute atomic E-state index is 0.196. The van der Waals surface area contributed by atoms with Crippen LogP contribution in [0.25, 0.3) is 4.96 Å². The van der Waals surface area contributed by atoms with Crippen LogP contribution in [0.5, 0.6) is 0 Å². The molecular weight excluding hydrogens is 316 g/mol. The number of sulfonamides is 1. The molecule has 3 rings (SSSR count). The number of hydrogen-bond acceptors (Lipinski definition) is 6. The zero-order chi connectivity index (χ0) is 14.2. The van der Waals surface area contributed by atoms with Gasteiger partial charge in [-0.1, -0.05) is 0 Å². The molecule has 0 saturated carbocycles. The molecule has 6 nitrogen and oxygen atoms in total. The molecule has 0 aliphatic carbocycles. The van der Waals surface area contributed by atoms with Crippen LogP contribution in [-0.2, 0) is 10.0 Å². The van der Waals surface area contributed by atoms with E-state index in [4.69, 9.17) is 0 Å². The first kappa shape index (κ1) is 14.2. The van der Waals surface area contributed by atoms with Crippen LogP contribution in [0.15, 0.2) is 16.6 Å². The Labute approximate surface area is 126 Å². The van der Waals surface area contributed by atoms with Crippen molar-refractivity contribution in [2.45, 2.75) is 11.4 Å². The smallest absolute Gasteiger partial charge is 0.260 e. The zero-order valence-corrected chi connectivity index (χ0v) is 13.4. The van der Waals surface area contributed by atoms with Crippen molar-refractivity contribution in [3.63, 3.8) is 0 Å². The summed E-state index contributed by atoms with van der Waals surface area (Å²) < 4.78 is 29.4. The summed E-state index contributed by atoms with van der Waals surface area (Å²) in [6.45, 7) is 0.496. The molecule has 0 radical (unpaired) electrons. The second kappa shape index (κ2) is 5.55. The molecule has 0 aromatic carbocycles. The number of fused-ring (bicyclic) bond motifs is 1. The fraction of sp³-hybridized carbons (Fsp3) is 0.545. The SMILES string of the molecule is CNc1nc2sccn2c1S(=O)(=O)NCC1CCSC1. The van der Waals surface area contributed by atoms with Crippen molar-refractivity contribution in [2.75, 3.05) is 30.4 Å². The van der Waals surface area contributed by atoms with E-state index in [1.165, 1.54) is 11.3 Å². The van der Waals surface area contributed by atoms with Gasteiger partial charge in [-0.25, -0.2) is 18.1 Å². The van der Waals surface area contributed by atoms with Crippen LogP contribution in [0.1, 0.15) is 6.42 Å². The van der Waals surface area contributed by atoms with E-state index in [1.54, 1.807) is 17.6 Å². The maximum Gasteiger partial charge on any atom is 0.260 e. The number of rotatable bonds is 5. The lowest BCUT2D eigenvalue weighted by Crippen LogP contribution is -2.30. The Bertz CT molecular complexity index is 700. The number of imidazole rings is 1. The Kier molecular flexibility index (Phi) is 3.93. The maximum atomic E-state index is 12.5. The van der Waals surface area contributed by atoms with Crippen molar-refractivity contribution < 1.29 is 8.42 Å². The molecule has 2 aromatic heterocycles. The third kappa shape index (κ3) is 2.54. The highest BCUT2D eigenvalue weighted by Crippen LogP contribution is 2.26. The summed E-state index contributed by atoms with van der Waals surface area (Å²) in [7, 11) is -1.88. The van der Waals surface area contributed by atoms with E-state index in [-0.39, 0.29) is 5.03 Å². The van der Waals surface area contributed by atoms with Crippen molar-refractivity contribution in [1.29, 1.82) is 0 Å². The average Bonchev–Trinajstić information content (AvgIpc) is 3.11. The third-order valence-corrected chi connectivity index (χ3v) is 6.73. The number of thiazole rings is 1. The molecule has 20 heavy (non-hydrogen) atoms. The van der Waals surface area contributed by atoms with E-state index in [0.717, 1.165) is 17.9 Å². The van der Waals surface area contributed by atoms with Gasteiger partial charge < -0.3 is 5.32 Å². The first-order chi connectivity index (χ1) is 9.62. The largest absolute Gasteiger partial charge is 0.371 e. The topological polar surface area (TPSA) is 75.5 Å². The van der Waals surface area contributed by atoms with Gasteiger partial charge in [0.15, 0.2) is 15.8 Å². The second-order valence-electron chi connectivity index (χ2n) is 4.65. The molecule has 3 heterocycles. The minimum atomic E-state index is -3.56. The van der Waals surface area contributed by atoms with Crippen molar-refractivity contribution in [3.05, 3.63) is 11.6 Å². The highest BCUT2D eigenvalue weighted by Gasteiger charge is 2.27. The number of aromatic nitrogens is 2. The van der Waals surface area contributed by atoms with Gasteiger partial charge in [0.05, 0.1) is 0 Å². The van der Waals surface area contributed by atoms with Gasteiger partial charge in [-0.2, -0.15) is 11.8 Å². The number of nitrogens with one attached hydrogen (secondary N) is 2. The molecule has 1 saturated heterocycles. The fourth-order valence-corrected chi connectivity index (χ4v) is 5.68. The summed E-state index contributed by atoms with van der Waals surface area (Å²) in [5, 5.41) is 4.88. The van der Waals surface area contributed by atoms with E-state index in [9.17, 15) is 8.42 Å². The lowest BCUT2D eigenvalue weighted by atomic mass is 10.1. The molecule has 1 atom stereocenters. The Morgan fingerprint density at radius 2 is 2.40 bits per heavy atom. The summed E-state index contributed by atoms with van der Waals surface area (Å²) >= 11 is 3.29. The number of nitrogens with zero attached hydrogens (tertiary/aromatic N) is 2. The molecular formula is C11H16N4O2S3. The van der Waals surface area contributed by atoms with E-state index in [1.807, 2.05) is 17.1 Å². The molecule has 2 aromatic rings.